The minimum Gasteiger partial charge on any atom is -0.481 e. The molecular weight excluding hydrogens is 266 g/mol. The first-order valence-corrected chi connectivity index (χ1v) is 6.39. The van der Waals surface area contributed by atoms with Crippen molar-refractivity contribution in [1.29, 1.82) is 0 Å². The quantitative estimate of drug-likeness (QED) is 0.596. The summed E-state index contributed by atoms with van der Waals surface area (Å²) >= 11 is 5.94. The molecule has 0 radical (unpaired) electrons. The molecule has 0 aliphatic rings. The summed E-state index contributed by atoms with van der Waals surface area (Å²) in [6.45, 7) is 0.471. The van der Waals surface area contributed by atoms with Crippen molar-refractivity contribution in [2.45, 2.75) is 19.3 Å². The number of hydrogen-bond donors (Lipinski definition) is 2. The van der Waals surface area contributed by atoms with Gasteiger partial charge in [-0.05, 0) is 30.5 Å². The van der Waals surface area contributed by atoms with Crippen molar-refractivity contribution < 1.29 is 14.7 Å². The van der Waals surface area contributed by atoms with Gasteiger partial charge in [-0.15, -0.1) is 0 Å². The summed E-state index contributed by atoms with van der Waals surface area (Å²) in [5.74, 6) is -1.03. The van der Waals surface area contributed by atoms with Gasteiger partial charge in [-0.3, -0.25) is 9.59 Å². The van der Waals surface area contributed by atoms with Crippen molar-refractivity contribution in [2.75, 3.05) is 6.54 Å². The number of carboxylic acids is 1. The minimum atomic E-state index is -0.815. The maximum atomic E-state index is 11.5. The predicted octanol–water partition coefficient (Wildman–Crippen LogP) is 2.72. The highest BCUT2D eigenvalue weighted by Crippen LogP contribution is 2.15. The van der Waals surface area contributed by atoms with E-state index in [-0.39, 0.29) is 12.3 Å². The molecule has 0 saturated heterocycles. The lowest BCUT2D eigenvalue weighted by Gasteiger charge is -2.01. The number of rotatable bonds is 7. The molecule has 4 nitrogen and oxygen atoms in total. The third-order valence-electron chi connectivity index (χ3n) is 2.44. The summed E-state index contributed by atoms with van der Waals surface area (Å²) in [4.78, 5) is 21.7. The Hall–Kier alpha value is -1.81. The molecule has 0 aliphatic heterocycles. The molecule has 0 saturated carbocycles. The average Bonchev–Trinajstić information content (AvgIpc) is 2.37. The molecule has 1 amide bonds. The Labute approximate surface area is 117 Å². The fourth-order valence-corrected chi connectivity index (χ4v) is 1.65. The van der Waals surface area contributed by atoms with Crippen LogP contribution in [0.2, 0.25) is 5.02 Å². The largest absolute Gasteiger partial charge is 0.481 e. The Bertz CT molecular complexity index is 472. The van der Waals surface area contributed by atoms with Crippen LogP contribution >= 0.6 is 11.6 Å². The van der Waals surface area contributed by atoms with Gasteiger partial charge in [0.1, 0.15) is 0 Å². The zero-order valence-electron chi connectivity index (χ0n) is 10.4. The van der Waals surface area contributed by atoms with Gasteiger partial charge in [0.05, 0.1) is 0 Å². The number of carbonyl (C=O) groups excluding carboxylic acids is 1. The second-order valence-corrected chi connectivity index (χ2v) is 4.40. The first-order chi connectivity index (χ1) is 9.09. The van der Waals surface area contributed by atoms with E-state index < -0.39 is 5.97 Å². The Morgan fingerprint density at radius 2 is 2.00 bits per heavy atom. The van der Waals surface area contributed by atoms with Gasteiger partial charge >= 0.3 is 5.97 Å². The van der Waals surface area contributed by atoms with Crippen LogP contribution < -0.4 is 5.32 Å². The van der Waals surface area contributed by atoms with Crippen LogP contribution in [0.25, 0.3) is 6.08 Å². The fraction of sp³-hybridized carbons (Fsp3) is 0.286. The van der Waals surface area contributed by atoms with Crippen LogP contribution in [0.5, 0.6) is 0 Å². The lowest BCUT2D eigenvalue weighted by atomic mass is 10.2. The van der Waals surface area contributed by atoms with Gasteiger partial charge in [-0.25, -0.2) is 0 Å². The topological polar surface area (TPSA) is 66.4 Å². The molecule has 1 rings (SSSR count). The maximum Gasteiger partial charge on any atom is 0.303 e. The number of unbranched alkanes of at least 4 members (excludes halogenated alkanes) is 1. The summed E-state index contributed by atoms with van der Waals surface area (Å²) < 4.78 is 0. The van der Waals surface area contributed by atoms with E-state index >= 15 is 0 Å². The molecule has 0 aliphatic carbocycles. The predicted molar refractivity (Wildman–Crippen MR) is 75.0 cm³/mol. The van der Waals surface area contributed by atoms with Crippen molar-refractivity contribution in [2.24, 2.45) is 0 Å². The van der Waals surface area contributed by atoms with E-state index in [9.17, 15) is 9.59 Å². The molecule has 19 heavy (non-hydrogen) atoms. The third kappa shape index (κ3) is 6.62. The van der Waals surface area contributed by atoms with E-state index in [1.165, 1.54) is 6.08 Å². The number of hydrogen-bond acceptors (Lipinski definition) is 2. The molecule has 2 N–H and O–H groups in total. The normalized spacial score (nSPS) is 10.6. The lowest BCUT2D eigenvalue weighted by molar-refractivity contribution is -0.137. The number of nitrogens with one attached hydrogen (secondary N) is 1. The van der Waals surface area contributed by atoms with Crippen LogP contribution in [-0.2, 0) is 9.59 Å². The standard InChI is InChI=1S/C14H16ClNO3/c15-12-6-2-1-5-11(12)8-9-13(17)16-10-4-3-7-14(18)19/h1-2,5-6,8-9H,3-4,7,10H2,(H,16,17)(H,18,19)/b9-8+. The Morgan fingerprint density at radius 3 is 2.68 bits per heavy atom. The first-order valence-electron chi connectivity index (χ1n) is 6.02. The summed E-state index contributed by atoms with van der Waals surface area (Å²) in [5.41, 5.74) is 0.783. The Morgan fingerprint density at radius 1 is 1.26 bits per heavy atom. The third-order valence-corrected chi connectivity index (χ3v) is 2.78. The molecule has 1 aromatic carbocycles. The van der Waals surface area contributed by atoms with Crippen LogP contribution in [0.1, 0.15) is 24.8 Å². The smallest absolute Gasteiger partial charge is 0.303 e. The molecule has 1 aromatic rings. The molecule has 0 heterocycles. The van der Waals surface area contributed by atoms with Gasteiger partial charge < -0.3 is 10.4 Å². The van der Waals surface area contributed by atoms with Crippen molar-refractivity contribution in [3.63, 3.8) is 0 Å². The summed E-state index contributed by atoms with van der Waals surface area (Å²) in [7, 11) is 0. The van der Waals surface area contributed by atoms with Gasteiger partial charge in [0, 0.05) is 24.1 Å². The van der Waals surface area contributed by atoms with Gasteiger partial charge in [0.25, 0.3) is 0 Å². The highest BCUT2D eigenvalue weighted by atomic mass is 35.5. The van der Waals surface area contributed by atoms with Gasteiger partial charge in [0.2, 0.25) is 5.91 Å². The van der Waals surface area contributed by atoms with Crippen LogP contribution in [0.3, 0.4) is 0 Å². The molecular formula is C14H16ClNO3. The van der Waals surface area contributed by atoms with Gasteiger partial charge in [0.15, 0.2) is 0 Å². The van der Waals surface area contributed by atoms with E-state index in [2.05, 4.69) is 5.32 Å². The number of carbonyl (C=O) groups is 2. The zero-order chi connectivity index (χ0) is 14.1. The highest BCUT2D eigenvalue weighted by Gasteiger charge is 1.99. The average molecular weight is 282 g/mol. The second kappa shape index (κ2) is 8.32. The minimum absolute atomic E-state index is 0.130. The Balaban J connectivity index is 2.28. The first kappa shape index (κ1) is 15.2. The molecule has 0 atom stereocenters. The molecule has 0 aromatic heterocycles. The van der Waals surface area contributed by atoms with Crippen LogP contribution in [-0.4, -0.2) is 23.5 Å². The molecule has 0 unspecified atom stereocenters. The van der Waals surface area contributed by atoms with E-state index in [4.69, 9.17) is 16.7 Å². The van der Waals surface area contributed by atoms with Crippen molar-refractivity contribution in [3.8, 4) is 0 Å². The number of halogens is 1. The number of carboxylic acid groups (broad SMARTS) is 1. The summed E-state index contributed by atoms with van der Waals surface area (Å²) in [6, 6.07) is 7.24. The second-order valence-electron chi connectivity index (χ2n) is 4.00. The van der Waals surface area contributed by atoms with E-state index in [1.54, 1.807) is 12.1 Å². The fourth-order valence-electron chi connectivity index (χ4n) is 1.45. The SMILES string of the molecule is O=C(O)CCCCNC(=O)/C=C/c1ccccc1Cl. The monoisotopic (exact) mass is 281 g/mol. The van der Waals surface area contributed by atoms with E-state index in [0.29, 0.717) is 24.4 Å². The van der Waals surface area contributed by atoms with E-state index in [0.717, 1.165) is 5.56 Å². The number of aliphatic carboxylic acids is 1. The van der Waals surface area contributed by atoms with Crippen LogP contribution in [0.15, 0.2) is 30.3 Å². The summed E-state index contributed by atoms with van der Waals surface area (Å²) in [6.07, 6.45) is 4.40. The van der Waals surface area contributed by atoms with Crippen molar-refractivity contribution in [1.82, 2.24) is 5.32 Å². The summed E-state index contributed by atoms with van der Waals surface area (Å²) in [5, 5.41) is 11.7. The van der Waals surface area contributed by atoms with Crippen molar-refractivity contribution in [3.05, 3.63) is 40.9 Å². The van der Waals surface area contributed by atoms with E-state index in [1.807, 2.05) is 18.2 Å². The molecule has 0 fully saturated rings. The maximum absolute atomic E-state index is 11.5. The molecule has 0 bridgehead atoms. The highest BCUT2D eigenvalue weighted by molar-refractivity contribution is 6.32. The van der Waals surface area contributed by atoms with Gasteiger partial charge in [-0.2, -0.15) is 0 Å². The van der Waals surface area contributed by atoms with Crippen LogP contribution in [0, 0.1) is 0 Å². The number of benzene rings is 1. The molecule has 5 heteroatoms. The lowest BCUT2D eigenvalue weighted by Crippen LogP contribution is -2.22. The number of amides is 1. The molecule has 0 spiro atoms. The van der Waals surface area contributed by atoms with Crippen LogP contribution in [0.4, 0.5) is 0 Å². The zero-order valence-corrected chi connectivity index (χ0v) is 11.2. The Kier molecular flexibility index (Phi) is 6.68. The van der Waals surface area contributed by atoms with Gasteiger partial charge in [-0.1, -0.05) is 29.8 Å². The molecule has 102 valence electrons. The van der Waals surface area contributed by atoms with Crippen molar-refractivity contribution >= 4 is 29.6 Å².